The van der Waals surface area contributed by atoms with Gasteiger partial charge in [-0.1, -0.05) is 17.7 Å². The van der Waals surface area contributed by atoms with Crippen LogP contribution < -0.4 is 5.32 Å². The number of carbonyl (C=O) groups is 1. The largest absolute Gasteiger partial charge is 0.304 e. The monoisotopic (exact) mass is 491 g/mol. The van der Waals surface area contributed by atoms with Crippen LogP contribution in [0.3, 0.4) is 0 Å². The molecule has 124 valence electrons. The summed E-state index contributed by atoms with van der Waals surface area (Å²) in [6.45, 7) is 0.380. The maximum Gasteiger partial charge on any atom is 0.267 e. The van der Waals surface area contributed by atoms with Crippen LogP contribution in [-0.2, 0) is 6.54 Å². The second-order valence-electron chi connectivity index (χ2n) is 4.82. The predicted molar refractivity (Wildman–Crippen MR) is 100 cm³/mol. The van der Waals surface area contributed by atoms with Gasteiger partial charge >= 0.3 is 0 Å². The lowest BCUT2D eigenvalue weighted by Crippen LogP contribution is -2.11. The van der Waals surface area contributed by atoms with Gasteiger partial charge in [0.1, 0.15) is 5.82 Å². The van der Waals surface area contributed by atoms with Crippen LogP contribution in [0.25, 0.3) is 0 Å². The number of hydrogen-bond acceptors (Lipinski definition) is 3. The number of amides is 1. The Bertz CT molecular complexity index is 893. The zero-order valence-electron chi connectivity index (χ0n) is 11.9. The fourth-order valence-electron chi connectivity index (χ4n) is 1.98. The normalized spacial score (nSPS) is 10.8. The summed E-state index contributed by atoms with van der Waals surface area (Å²) < 4.78 is 16.4. The fraction of sp³-hybridized carbons (Fsp3) is 0.0667. The molecule has 9 heteroatoms. The van der Waals surface area contributed by atoms with E-state index in [1.165, 1.54) is 23.5 Å². The fourth-order valence-corrected chi connectivity index (χ4v) is 4.14. The van der Waals surface area contributed by atoms with Crippen LogP contribution in [0.4, 0.5) is 10.2 Å². The molecular formula is C15H9Br2ClFN3OS. The molecule has 0 aliphatic carbocycles. The van der Waals surface area contributed by atoms with Crippen LogP contribution in [0.2, 0.25) is 5.02 Å². The van der Waals surface area contributed by atoms with E-state index in [0.29, 0.717) is 22.3 Å². The van der Waals surface area contributed by atoms with Crippen molar-refractivity contribution in [1.29, 1.82) is 0 Å². The van der Waals surface area contributed by atoms with Crippen molar-refractivity contribution in [1.82, 2.24) is 9.78 Å². The average molecular weight is 494 g/mol. The zero-order chi connectivity index (χ0) is 17.3. The van der Waals surface area contributed by atoms with Crippen LogP contribution in [0.15, 0.2) is 44.8 Å². The first-order valence-corrected chi connectivity index (χ1v) is 9.44. The topological polar surface area (TPSA) is 46.9 Å². The molecule has 0 spiro atoms. The van der Waals surface area contributed by atoms with Crippen molar-refractivity contribution >= 4 is 66.5 Å². The standard InChI is InChI=1S/C15H9Br2ClFN3OS/c16-10-6-12(24-14(10)17)15(23)20-13-3-4-22(21-13)7-8-1-2-9(19)5-11(8)18/h1-6H,7H2,(H,20,21,23). The van der Waals surface area contributed by atoms with E-state index in [0.717, 1.165) is 13.8 Å². The summed E-state index contributed by atoms with van der Waals surface area (Å²) >= 11 is 14.0. The number of carbonyl (C=O) groups excluding carboxylic acids is 1. The number of nitrogens with one attached hydrogen (secondary N) is 1. The van der Waals surface area contributed by atoms with E-state index in [1.54, 1.807) is 29.1 Å². The number of benzene rings is 1. The third-order valence-electron chi connectivity index (χ3n) is 3.10. The highest BCUT2D eigenvalue weighted by Gasteiger charge is 2.13. The molecule has 3 rings (SSSR count). The van der Waals surface area contributed by atoms with Gasteiger partial charge in [-0.25, -0.2) is 4.39 Å². The Kier molecular flexibility index (Phi) is 5.39. The van der Waals surface area contributed by atoms with Crippen LogP contribution >= 0.6 is 54.8 Å². The summed E-state index contributed by atoms with van der Waals surface area (Å²) in [6.07, 6.45) is 1.72. The molecule has 0 aliphatic rings. The van der Waals surface area contributed by atoms with Crippen LogP contribution in [0.1, 0.15) is 15.2 Å². The van der Waals surface area contributed by atoms with Crippen LogP contribution in [-0.4, -0.2) is 15.7 Å². The lowest BCUT2D eigenvalue weighted by molar-refractivity contribution is 0.103. The second kappa shape index (κ2) is 7.35. The summed E-state index contributed by atoms with van der Waals surface area (Å²) in [7, 11) is 0. The summed E-state index contributed by atoms with van der Waals surface area (Å²) in [6, 6.07) is 7.64. The van der Waals surface area contributed by atoms with Gasteiger partial charge in [-0.3, -0.25) is 9.48 Å². The van der Waals surface area contributed by atoms with Crippen LogP contribution in [0.5, 0.6) is 0 Å². The molecule has 0 fully saturated rings. The molecule has 0 saturated heterocycles. The Morgan fingerprint density at radius 3 is 2.79 bits per heavy atom. The Hall–Kier alpha value is -1.22. The van der Waals surface area contributed by atoms with Gasteiger partial charge in [0, 0.05) is 21.8 Å². The van der Waals surface area contributed by atoms with E-state index >= 15 is 0 Å². The molecule has 0 atom stereocenters. The second-order valence-corrected chi connectivity index (χ2v) is 8.45. The van der Waals surface area contributed by atoms with E-state index in [1.807, 2.05) is 0 Å². The highest BCUT2D eigenvalue weighted by molar-refractivity contribution is 9.13. The molecule has 0 bridgehead atoms. The molecule has 1 amide bonds. The molecule has 3 aromatic rings. The smallest absolute Gasteiger partial charge is 0.267 e. The predicted octanol–water partition coefficient (Wildman–Crippen LogP) is 5.56. The van der Waals surface area contributed by atoms with E-state index in [9.17, 15) is 9.18 Å². The average Bonchev–Trinajstić information content (AvgIpc) is 3.09. The van der Waals surface area contributed by atoms with Gasteiger partial charge in [-0.05, 0) is 55.6 Å². The van der Waals surface area contributed by atoms with Crippen molar-refractivity contribution < 1.29 is 9.18 Å². The zero-order valence-corrected chi connectivity index (χ0v) is 16.6. The van der Waals surface area contributed by atoms with Crippen molar-refractivity contribution in [2.75, 3.05) is 5.32 Å². The summed E-state index contributed by atoms with van der Waals surface area (Å²) in [5, 5.41) is 7.35. The Morgan fingerprint density at radius 1 is 1.33 bits per heavy atom. The summed E-state index contributed by atoms with van der Waals surface area (Å²) in [4.78, 5) is 12.7. The summed E-state index contributed by atoms with van der Waals surface area (Å²) in [5.41, 5.74) is 0.741. The first kappa shape index (κ1) is 17.6. The number of hydrogen-bond donors (Lipinski definition) is 1. The van der Waals surface area contributed by atoms with Gasteiger partial charge in [-0.2, -0.15) is 5.10 Å². The van der Waals surface area contributed by atoms with Gasteiger partial charge < -0.3 is 5.32 Å². The number of nitrogens with zero attached hydrogens (tertiary/aromatic N) is 2. The lowest BCUT2D eigenvalue weighted by atomic mass is 10.2. The molecule has 1 aromatic carbocycles. The third kappa shape index (κ3) is 4.05. The van der Waals surface area contributed by atoms with Gasteiger partial charge in [0.15, 0.2) is 5.82 Å². The maximum absolute atomic E-state index is 13.1. The molecule has 0 unspecified atom stereocenters. The summed E-state index contributed by atoms with van der Waals surface area (Å²) in [5.74, 6) is -0.194. The number of anilines is 1. The minimum absolute atomic E-state index is 0.239. The number of thiophene rings is 1. The third-order valence-corrected chi connectivity index (χ3v) is 6.71. The molecule has 2 heterocycles. The minimum atomic E-state index is -0.384. The van der Waals surface area contributed by atoms with E-state index in [2.05, 4.69) is 42.3 Å². The highest BCUT2D eigenvalue weighted by atomic mass is 79.9. The van der Waals surface area contributed by atoms with Crippen molar-refractivity contribution in [3.8, 4) is 0 Å². The highest BCUT2D eigenvalue weighted by Crippen LogP contribution is 2.32. The molecule has 0 saturated carbocycles. The SMILES string of the molecule is O=C(Nc1ccn(Cc2ccc(F)cc2Cl)n1)c1cc(Br)c(Br)s1. The molecule has 0 radical (unpaired) electrons. The minimum Gasteiger partial charge on any atom is -0.304 e. The van der Waals surface area contributed by atoms with Crippen molar-refractivity contribution in [3.05, 3.63) is 66.1 Å². The van der Waals surface area contributed by atoms with E-state index in [-0.39, 0.29) is 11.7 Å². The Morgan fingerprint density at radius 2 is 2.12 bits per heavy atom. The van der Waals surface area contributed by atoms with Gasteiger partial charge in [0.2, 0.25) is 0 Å². The van der Waals surface area contributed by atoms with Crippen molar-refractivity contribution in [2.45, 2.75) is 6.54 Å². The molecule has 0 aliphatic heterocycles. The molecule has 1 N–H and O–H groups in total. The van der Waals surface area contributed by atoms with Gasteiger partial charge in [0.05, 0.1) is 15.2 Å². The number of halogens is 4. The van der Waals surface area contributed by atoms with E-state index in [4.69, 9.17) is 11.6 Å². The quantitative estimate of drug-likeness (QED) is 0.517. The number of rotatable bonds is 4. The first-order valence-electron chi connectivity index (χ1n) is 6.66. The molecule has 24 heavy (non-hydrogen) atoms. The lowest BCUT2D eigenvalue weighted by Gasteiger charge is -2.05. The van der Waals surface area contributed by atoms with Crippen LogP contribution in [0, 0.1) is 5.82 Å². The molecular weight excluding hydrogens is 485 g/mol. The number of aromatic nitrogens is 2. The molecule has 2 aromatic heterocycles. The van der Waals surface area contributed by atoms with Crippen molar-refractivity contribution in [3.63, 3.8) is 0 Å². The Balaban J connectivity index is 1.70. The van der Waals surface area contributed by atoms with Gasteiger partial charge in [-0.15, -0.1) is 11.3 Å². The van der Waals surface area contributed by atoms with Crippen molar-refractivity contribution in [2.24, 2.45) is 0 Å². The molecule has 4 nitrogen and oxygen atoms in total. The Labute approximate surface area is 162 Å². The maximum atomic E-state index is 13.1. The van der Waals surface area contributed by atoms with E-state index < -0.39 is 0 Å². The first-order chi connectivity index (χ1) is 11.4. The van der Waals surface area contributed by atoms with Gasteiger partial charge in [0.25, 0.3) is 5.91 Å².